The van der Waals surface area contributed by atoms with Gasteiger partial charge in [0.15, 0.2) is 0 Å². The number of anilines is 2. The molecule has 0 saturated carbocycles. The van der Waals surface area contributed by atoms with Crippen LogP contribution >= 0.6 is 0 Å². The molecule has 0 aliphatic carbocycles. The van der Waals surface area contributed by atoms with Gasteiger partial charge in [0.2, 0.25) is 6.29 Å². The molecule has 3 fully saturated rings. The van der Waals surface area contributed by atoms with Gasteiger partial charge in [-0.15, -0.1) is 0 Å². The molecule has 3 amide bonds. The van der Waals surface area contributed by atoms with E-state index in [-0.39, 0.29) is 24.3 Å². The molecule has 3 saturated heterocycles. The number of rotatable bonds is 5. The van der Waals surface area contributed by atoms with E-state index in [0.717, 1.165) is 17.6 Å². The number of hydrogen-bond acceptors (Lipinski definition) is 8. The highest BCUT2D eigenvalue weighted by Gasteiger charge is 2.37. The summed E-state index contributed by atoms with van der Waals surface area (Å²) in [6.07, 6.45) is -0.383. The lowest BCUT2D eigenvalue weighted by Gasteiger charge is -2.41. The molecule has 11 nitrogen and oxygen atoms in total. The molecule has 3 aliphatic rings. The summed E-state index contributed by atoms with van der Waals surface area (Å²) in [5.74, 6) is -0.494. The van der Waals surface area contributed by atoms with Crippen LogP contribution < -0.4 is 9.80 Å². The van der Waals surface area contributed by atoms with Crippen LogP contribution in [0.4, 0.5) is 25.4 Å². The average Bonchev–Trinajstić information content (AvgIpc) is 3.31. The standard InChI is InChI=1S/C19H26FN5O6S/c1-21-11-24(12-22(2)18(21)26)14-6-7-23(9-14)16-5-4-13(8-15(16)20)25-10-17(30-19(25)27)31-32(3,28)29/h4-5,8,14,17H,6-7,9-12H2,1-3H3/t14?,17-/m1/s1. The highest BCUT2D eigenvalue weighted by Crippen LogP contribution is 2.31. The van der Waals surface area contributed by atoms with Crippen LogP contribution in [-0.2, 0) is 19.0 Å². The number of hydrogen-bond donors (Lipinski definition) is 0. The minimum absolute atomic E-state index is 0.0256. The quantitative estimate of drug-likeness (QED) is 0.583. The first kappa shape index (κ1) is 22.6. The van der Waals surface area contributed by atoms with Gasteiger partial charge in [-0.1, -0.05) is 0 Å². The molecule has 13 heteroatoms. The Kier molecular flexibility index (Phi) is 5.90. The maximum Gasteiger partial charge on any atom is 0.416 e. The largest absolute Gasteiger partial charge is 0.416 e. The summed E-state index contributed by atoms with van der Waals surface area (Å²) in [6.45, 7) is 2.16. The number of benzene rings is 1. The van der Waals surface area contributed by atoms with E-state index < -0.39 is 28.3 Å². The monoisotopic (exact) mass is 471 g/mol. The number of ether oxygens (including phenoxy) is 1. The van der Waals surface area contributed by atoms with Crippen molar-refractivity contribution in [2.75, 3.05) is 63.1 Å². The lowest BCUT2D eigenvalue weighted by molar-refractivity contribution is 0.0114. The van der Waals surface area contributed by atoms with E-state index in [2.05, 4.69) is 4.90 Å². The molecule has 4 rings (SSSR count). The molecule has 176 valence electrons. The summed E-state index contributed by atoms with van der Waals surface area (Å²) >= 11 is 0. The van der Waals surface area contributed by atoms with Crippen molar-refractivity contribution in [3.63, 3.8) is 0 Å². The molecule has 2 atom stereocenters. The molecule has 3 aliphatic heterocycles. The second kappa shape index (κ2) is 8.37. The average molecular weight is 472 g/mol. The van der Waals surface area contributed by atoms with Crippen LogP contribution in [0.15, 0.2) is 18.2 Å². The Labute approximate surface area is 186 Å². The molecule has 0 spiro atoms. The molecule has 1 aromatic carbocycles. The van der Waals surface area contributed by atoms with Crippen molar-refractivity contribution in [2.45, 2.75) is 18.8 Å². The second-order valence-corrected chi connectivity index (χ2v) is 9.90. The van der Waals surface area contributed by atoms with Crippen molar-refractivity contribution < 1.29 is 31.3 Å². The Hall–Kier alpha value is -2.64. The first-order chi connectivity index (χ1) is 15.0. The Bertz CT molecular complexity index is 1010. The van der Waals surface area contributed by atoms with Gasteiger partial charge < -0.3 is 19.4 Å². The third-order valence-corrected chi connectivity index (χ3v) is 6.33. The van der Waals surface area contributed by atoms with Gasteiger partial charge in [0.1, 0.15) is 5.82 Å². The normalized spacial score (nSPS) is 25.1. The van der Waals surface area contributed by atoms with Crippen molar-refractivity contribution in [2.24, 2.45) is 0 Å². The van der Waals surface area contributed by atoms with E-state index in [0.29, 0.717) is 32.1 Å². The number of halogens is 1. The van der Waals surface area contributed by atoms with Crippen molar-refractivity contribution in [1.82, 2.24) is 14.7 Å². The highest BCUT2D eigenvalue weighted by atomic mass is 32.2. The van der Waals surface area contributed by atoms with E-state index in [9.17, 15) is 22.4 Å². The Morgan fingerprint density at radius 3 is 2.44 bits per heavy atom. The number of carbonyl (C=O) groups is 2. The summed E-state index contributed by atoms with van der Waals surface area (Å²) in [5.41, 5.74) is 0.673. The SMILES string of the molecule is CN1CN(C2CCN(c3ccc(N4C[C@@H](OS(C)(=O)=O)OC4=O)cc3F)C2)CN(C)C1=O. The van der Waals surface area contributed by atoms with Crippen molar-refractivity contribution in [3.8, 4) is 0 Å². The number of cyclic esters (lactones) is 1. The summed E-state index contributed by atoms with van der Waals surface area (Å²) < 4.78 is 47.1. The van der Waals surface area contributed by atoms with Crippen LogP contribution in [0.2, 0.25) is 0 Å². The summed E-state index contributed by atoms with van der Waals surface area (Å²) in [4.78, 5) is 32.6. The molecular formula is C19H26FN5O6S. The minimum Gasteiger partial charge on any atom is -0.416 e. The van der Waals surface area contributed by atoms with Crippen LogP contribution in [0.1, 0.15) is 6.42 Å². The van der Waals surface area contributed by atoms with Gasteiger partial charge in [-0.2, -0.15) is 8.42 Å². The molecule has 1 unspecified atom stereocenters. The smallest absolute Gasteiger partial charge is 0.416 e. The third kappa shape index (κ3) is 4.59. The maximum absolute atomic E-state index is 15.0. The maximum atomic E-state index is 15.0. The van der Waals surface area contributed by atoms with Gasteiger partial charge in [-0.25, -0.2) is 18.2 Å². The first-order valence-corrected chi connectivity index (χ1v) is 11.9. The number of carbonyl (C=O) groups excluding carboxylic acids is 2. The van der Waals surface area contributed by atoms with E-state index in [4.69, 9.17) is 8.92 Å². The van der Waals surface area contributed by atoms with Gasteiger partial charge in [-0.05, 0) is 24.6 Å². The Morgan fingerprint density at radius 1 is 1.12 bits per heavy atom. The number of nitrogens with zero attached hydrogens (tertiary/aromatic N) is 5. The molecular weight excluding hydrogens is 445 g/mol. The lowest BCUT2D eigenvalue weighted by atomic mass is 10.2. The van der Waals surface area contributed by atoms with Crippen LogP contribution in [0.5, 0.6) is 0 Å². The van der Waals surface area contributed by atoms with Gasteiger partial charge in [0, 0.05) is 33.2 Å². The molecule has 0 radical (unpaired) electrons. The fraction of sp³-hybridized carbons (Fsp3) is 0.579. The topological polar surface area (TPSA) is 103 Å². The zero-order valence-corrected chi connectivity index (χ0v) is 18.9. The van der Waals surface area contributed by atoms with E-state index >= 15 is 0 Å². The zero-order chi connectivity index (χ0) is 23.2. The molecule has 0 N–H and O–H groups in total. The van der Waals surface area contributed by atoms with Gasteiger partial charge in [-0.3, -0.25) is 9.80 Å². The van der Waals surface area contributed by atoms with Crippen molar-refractivity contribution >= 4 is 33.6 Å². The molecule has 0 bridgehead atoms. The van der Waals surface area contributed by atoms with E-state index in [1.807, 2.05) is 4.90 Å². The van der Waals surface area contributed by atoms with Crippen LogP contribution in [-0.4, -0.2) is 101 Å². The predicted molar refractivity (Wildman–Crippen MR) is 113 cm³/mol. The number of amides is 3. The summed E-state index contributed by atoms with van der Waals surface area (Å²) in [6, 6.07) is 4.57. The highest BCUT2D eigenvalue weighted by molar-refractivity contribution is 7.86. The van der Waals surface area contributed by atoms with Gasteiger partial charge >= 0.3 is 12.1 Å². The molecule has 32 heavy (non-hydrogen) atoms. The fourth-order valence-electron chi connectivity index (χ4n) is 4.30. The minimum atomic E-state index is -3.80. The Balaban J connectivity index is 1.42. The van der Waals surface area contributed by atoms with Crippen LogP contribution in [0, 0.1) is 5.82 Å². The van der Waals surface area contributed by atoms with E-state index in [1.165, 1.54) is 6.07 Å². The zero-order valence-electron chi connectivity index (χ0n) is 18.1. The van der Waals surface area contributed by atoms with Crippen molar-refractivity contribution in [3.05, 3.63) is 24.0 Å². The lowest BCUT2D eigenvalue weighted by Crippen LogP contribution is -2.58. The van der Waals surface area contributed by atoms with Crippen molar-refractivity contribution in [1.29, 1.82) is 0 Å². The van der Waals surface area contributed by atoms with Crippen LogP contribution in [0.3, 0.4) is 0 Å². The summed E-state index contributed by atoms with van der Waals surface area (Å²) in [5, 5.41) is 0. The van der Waals surface area contributed by atoms with Crippen LogP contribution in [0.25, 0.3) is 0 Å². The second-order valence-electron chi connectivity index (χ2n) is 8.30. The number of urea groups is 1. The molecule has 0 aromatic heterocycles. The first-order valence-electron chi connectivity index (χ1n) is 10.1. The van der Waals surface area contributed by atoms with Gasteiger partial charge in [0.25, 0.3) is 10.1 Å². The predicted octanol–water partition coefficient (Wildman–Crippen LogP) is 0.878. The third-order valence-electron chi connectivity index (χ3n) is 5.77. The van der Waals surface area contributed by atoms with E-state index in [1.54, 1.807) is 36.0 Å². The molecule has 3 heterocycles. The molecule has 1 aromatic rings. The fourth-order valence-corrected chi connectivity index (χ4v) is 4.79. The Morgan fingerprint density at radius 2 is 1.81 bits per heavy atom. The summed E-state index contributed by atoms with van der Waals surface area (Å²) in [7, 11) is -0.291. The van der Waals surface area contributed by atoms with Gasteiger partial charge in [0.05, 0.1) is 37.5 Å².